The molecule has 0 saturated carbocycles. The number of nitrogens with one attached hydrogen (secondary N) is 2. The van der Waals surface area contributed by atoms with E-state index >= 15 is 0 Å². The number of phenolic OH excluding ortho intramolecular Hbond substituents is 2. The highest BCUT2D eigenvalue weighted by Crippen LogP contribution is 2.53. The Balaban J connectivity index is 0.630. The van der Waals surface area contributed by atoms with Gasteiger partial charge in [-0.3, -0.25) is 43.3 Å². The van der Waals surface area contributed by atoms with E-state index < -0.39 is 132 Å². The van der Waals surface area contributed by atoms with E-state index in [0.29, 0.717) is 52.6 Å². The molecule has 0 unspecified atom stereocenters. The first-order valence-electron chi connectivity index (χ1n) is 32.3. The van der Waals surface area contributed by atoms with Crippen molar-refractivity contribution in [2.45, 2.75) is 139 Å². The Labute approximate surface area is 549 Å². The number of aliphatic hydroxyl groups is 1. The first-order valence-corrected chi connectivity index (χ1v) is 32.3. The number of ether oxygens (including phenoxy) is 11. The number of morpholine rings is 1. The second-order valence-electron chi connectivity index (χ2n) is 24.6. The fourth-order valence-corrected chi connectivity index (χ4v) is 13.6. The lowest BCUT2D eigenvalue weighted by Gasteiger charge is -2.43. The third-order valence-corrected chi connectivity index (χ3v) is 18.3. The summed E-state index contributed by atoms with van der Waals surface area (Å²) in [6.45, 7) is 6.32. The molecule has 0 aromatic heterocycles. The predicted molar refractivity (Wildman–Crippen MR) is 335 cm³/mol. The van der Waals surface area contributed by atoms with Gasteiger partial charge in [0, 0.05) is 107 Å². The van der Waals surface area contributed by atoms with Crippen LogP contribution in [0, 0.1) is 5.92 Å². The van der Waals surface area contributed by atoms with E-state index in [2.05, 4.69) is 39.8 Å². The summed E-state index contributed by atoms with van der Waals surface area (Å²) in [5.41, 5.74) is 6.16. The van der Waals surface area contributed by atoms with Crippen molar-refractivity contribution in [2.24, 2.45) is 11.7 Å². The Kier molecular flexibility index (Phi) is 23.6. The number of esters is 1. The molecule has 4 aromatic rings. The fourth-order valence-electron chi connectivity index (χ4n) is 13.6. The molecule has 512 valence electrons. The highest BCUT2D eigenvalue weighted by atomic mass is 16.7. The lowest BCUT2D eigenvalue weighted by molar-refractivity contribution is -0.256. The van der Waals surface area contributed by atoms with E-state index in [9.17, 15) is 53.7 Å². The third-order valence-electron chi connectivity index (χ3n) is 18.3. The Morgan fingerprint density at radius 3 is 2.08 bits per heavy atom. The predicted octanol–water partition coefficient (Wildman–Crippen LogP) is 4.16. The van der Waals surface area contributed by atoms with Gasteiger partial charge in [-0.05, 0) is 55.0 Å². The Morgan fingerprint density at radius 2 is 1.41 bits per heavy atom. The maximum atomic E-state index is 14.3. The van der Waals surface area contributed by atoms with Gasteiger partial charge in [0.2, 0.25) is 17.6 Å². The second kappa shape index (κ2) is 32.0. The van der Waals surface area contributed by atoms with Gasteiger partial charge in [-0.25, -0.2) is 0 Å². The number of aromatic hydroxyl groups is 2. The van der Waals surface area contributed by atoms with Crippen LogP contribution < -0.4 is 21.1 Å². The number of amides is 3. The minimum atomic E-state index is -2.38. The number of ketones is 4. The van der Waals surface area contributed by atoms with Crippen LogP contribution in [-0.2, 0) is 82.6 Å². The molecular weight excluding hydrogens is 1240 g/mol. The largest absolute Gasteiger partial charge is 0.507 e. The van der Waals surface area contributed by atoms with E-state index in [1.54, 1.807) is 6.92 Å². The van der Waals surface area contributed by atoms with Crippen LogP contribution in [0.3, 0.4) is 0 Å². The molecule has 0 spiro atoms. The first kappa shape index (κ1) is 70.2. The zero-order valence-electron chi connectivity index (χ0n) is 53.8. The summed E-state index contributed by atoms with van der Waals surface area (Å²) in [4.78, 5) is 109. The van der Waals surface area contributed by atoms with Crippen LogP contribution in [0.2, 0.25) is 0 Å². The summed E-state index contributed by atoms with van der Waals surface area (Å²) in [7, 11) is 2.84. The molecule has 3 fully saturated rings. The van der Waals surface area contributed by atoms with Gasteiger partial charge in [0.05, 0.1) is 101 Å². The number of primary amides is 1. The molecular formula is C69H84N4O22. The van der Waals surface area contributed by atoms with Gasteiger partial charge in [-0.1, -0.05) is 60.7 Å². The number of nitrogens with two attached hydrogens (primary N) is 1. The van der Waals surface area contributed by atoms with Gasteiger partial charge in [-0.15, -0.1) is 0 Å². The van der Waals surface area contributed by atoms with E-state index in [1.165, 1.54) is 50.5 Å². The number of hydrogen-bond acceptors (Lipinski definition) is 23. The number of carbonyl (C=O) groups excluding carboxylic acids is 8. The van der Waals surface area contributed by atoms with Crippen molar-refractivity contribution in [1.29, 1.82) is 0 Å². The summed E-state index contributed by atoms with van der Waals surface area (Å²) in [5.74, 6) is -7.75. The minimum Gasteiger partial charge on any atom is -0.507 e. The topological polar surface area (TPSA) is 352 Å². The molecule has 6 aliphatic rings. The summed E-state index contributed by atoms with van der Waals surface area (Å²) < 4.78 is 64.0. The number of methoxy groups -OCH3 is 2. The number of rotatable bonds is 34. The molecule has 7 N–H and O–H groups in total. The molecule has 3 aliphatic carbocycles. The standard InChI is InChI=1S/C69H84N4O22/c1-38(72-65(82)40(33-53(70)76)32-41(74)20-24-88-27-29-90-31-30-89-28-26-87-23-11-19-54(77)92-37-48-44-14-7-5-12-42(44)43-13-6-8-15-45(43)48)50(75)17-10-21-71-68(83)69(84)35-47-57(63(81)59-58(61(47)79)60(78)46-16-9-18-51(85-3)56(46)62(59)80)52(36-69)94-55-34-49-64(39(2)93-55)95-66-67(86-4)91-25-22-73(49)66/h5-9,12-16,18,38-40,48-49,52,55,64,66-67,79,81,84H,10-11,17,19-37H2,1-4H3,(H2,70,76)(H,71,83)(H,72,82)/t38-,39-,40-,49-,52-,55-,64+,66+,67-,69-/m0/s1. The van der Waals surface area contributed by atoms with Gasteiger partial charge in [0.15, 0.2) is 30.4 Å². The number of phenols is 2. The molecule has 3 saturated heterocycles. The van der Waals surface area contributed by atoms with Crippen LogP contribution in [0.1, 0.15) is 138 Å². The van der Waals surface area contributed by atoms with Crippen LogP contribution in [0.25, 0.3) is 11.1 Å². The highest BCUT2D eigenvalue weighted by Gasteiger charge is 2.55. The summed E-state index contributed by atoms with van der Waals surface area (Å²) in [6, 6.07) is 19.4. The van der Waals surface area contributed by atoms with Crippen molar-refractivity contribution in [1.82, 2.24) is 15.5 Å². The zero-order chi connectivity index (χ0) is 67.5. The molecule has 0 bridgehead atoms. The molecule has 26 heteroatoms. The van der Waals surface area contributed by atoms with Crippen molar-refractivity contribution in [3.63, 3.8) is 0 Å². The smallest absolute Gasteiger partial charge is 0.305 e. The third kappa shape index (κ3) is 16.0. The lowest BCUT2D eigenvalue weighted by atomic mass is 9.72. The zero-order valence-corrected chi connectivity index (χ0v) is 53.8. The first-order chi connectivity index (χ1) is 45.8. The number of fused-ring (bicyclic) bond motifs is 9. The molecule has 10 atom stereocenters. The van der Waals surface area contributed by atoms with Crippen molar-refractivity contribution < 1.29 is 106 Å². The number of Topliss-reactive ketones (excluding diaryl/α,β-unsaturated/α-hetero) is 2. The van der Waals surface area contributed by atoms with Gasteiger partial charge >= 0.3 is 5.97 Å². The average molecular weight is 1320 g/mol. The van der Waals surface area contributed by atoms with Crippen LogP contribution in [0.15, 0.2) is 66.7 Å². The van der Waals surface area contributed by atoms with Crippen LogP contribution in [0.5, 0.6) is 17.2 Å². The lowest BCUT2D eigenvalue weighted by Crippen LogP contribution is -2.55. The average Bonchev–Trinajstić information content (AvgIpc) is 1.71. The second-order valence-corrected chi connectivity index (χ2v) is 24.6. The molecule has 3 amide bonds. The molecule has 3 aliphatic heterocycles. The summed E-state index contributed by atoms with van der Waals surface area (Å²) >= 11 is 0. The normalized spacial score (nSPS) is 23.2. The van der Waals surface area contributed by atoms with E-state index in [0.717, 1.165) is 11.1 Å². The van der Waals surface area contributed by atoms with Gasteiger partial charge in [-0.2, -0.15) is 0 Å². The number of benzene rings is 4. The van der Waals surface area contributed by atoms with E-state index in [4.69, 9.17) is 57.8 Å². The van der Waals surface area contributed by atoms with Gasteiger partial charge < -0.3 is 83.8 Å². The maximum absolute atomic E-state index is 14.3. The Morgan fingerprint density at radius 1 is 0.758 bits per heavy atom. The van der Waals surface area contributed by atoms with Crippen LogP contribution >= 0.6 is 0 Å². The number of hydrogen-bond donors (Lipinski definition) is 6. The van der Waals surface area contributed by atoms with Gasteiger partial charge in [0.25, 0.3) is 5.91 Å². The maximum Gasteiger partial charge on any atom is 0.305 e. The molecule has 3 heterocycles. The molecule has 26 nitrogen and oxygen atoms in total. The number of nitrogens with zero attached hydrogens (tertiary/aromatic N) is 1. The highest BCUT2D eigenvalue weighted by molar-refractivity contribution is 6.31. The number of carbonyl (C=O) groups is 8. The Bertz CT molecular complexity index is 3440. The molecule has 10 rings (SSSR count). The minimum absolute atomic E-state index is 0.00991. The monoisotopic (exact) mass is 1320 g/mol. The molecule has 95 heavy (non-hydrogen) atoms. The van der Waals surface area contributed by atoms with Crippen molar-refractivity contribution in [2.75, 3.05) is 93.4 Å². The van der Waals surface area contributed by atoms with Crippen molar-refractivity contribution >= 4 is 46.8 Å². The van der Waals surface area contributed by atoms with Crippen LogP contribution in [-0.4, -0.2) is 209 Å². The Hall–Kier alpha value is -7.60. The van der Waals surface area contributed by atoms with Crippen LogP contribution in [0.4, 0.5) is 0 Å². The SMILES string of the molecule is COc1cccc2c1C(=O)c1c(O)c3c(c(O)c1C2=O)C[C@@](O)(C(=O)NCCCC(=O)[C@H](C)NC(=O)[C@H](CC(N)=O)CC(=O)CCOCCOCCOCCOCCCC(=O)OCC1c2ccccc2-c2ccccc21)C[C@@H]3O[C@H]1C[C@H]2[C@H](O[C@@H]3[C@@H](OC)OCCN32)[C@H](C)O1. The summed E-state index contributed by atoms with van der Waals surface area (Å²) in [6.07, 6.45) is -5.89. The van der Waals surface area contributed by atoms with Crippen molar-refractivity contribution in [3.8, 4) is 28.4 Å². The molecule has 0 radical (unpaired) electrons. The summed E-state index contributed by atoms with van der Waals surface area (Å²) in [5, 5.41) is 41.9. The van der Waals surface area contributed by atoms with E-state index in [1.807, 2.05) is 24.3 Å². The molecule has 4 aromatic carbocycles. The van der Waals surface area contributed by atoms with Crippen molar-refractivity contribution in [3.05, 3.63) is 111 Å². The van der Waals surface area contributed by atoms with Gasteiger partial charge in [0.1, 0.15) is 41.3 Å². The van der Waals surface area contributed by atoms with E-state index in [-0.39, 0.29) is 123 Å². The fraction of sp³-hybridized carbons (Fsp3) is 0.536. The quantitative estimate of drug-likeness (QED) is 0.0191.